The molecule has 13 heteroatoms. The fourth-order valence-corrected chi connectivity index (χ4v) is 5.77. The van der Waals surface area contributed by atoms with Gasteiger partial charge in [0.25, 0.3) is 5.91 Å². The van der Waals surface area contributed by atoms with Gasteiger partial charge in [-0.1, -0.05) is 37.8 Å². The van der Waals surface area contributed by atoms with Crippen LogP contribution in [-0.4, -0.2) is 115 Å². The lowest BCUT2D eigenvalue weighted by Crippen LogP contribution is -2.52. The van der Waals surface area contributed by atoms with Crippen LogP contribution in [0.3, 0.4) is 0 Å². The molecule has 4 rings (SSSR count). The molecule has 0 aromatic heterocycles. The van der Waals surface area contributed by atoms with Gasteiger partial charge in [-0.3, -0.25) is 9.69 Å². The number of hydrogen-bond donors (Lipinski definition) is 1. The summed E-state index contributed by atoms with van der Waals surface area (Å²) in [5.41, 5.74) is 0.948. The Labute approximate surface area is 289 Å². The molecule has 0 unspecified atom stereocenters. The number of aliphatic carboxylic acids is 1. The van der Waals surface area contributed by atoms with E-state index >= 15 is 0 Å². The number of likely N-dealkylation sites (N-methyl/N-ethyl adjacent to an activating group) is 2. The molecule has 3 fully saturated rings. The predicted octanol–water partition coefficient (Wildman–Crippen LogP) is 4.05. The Morgan fingerprint density at radius 3 is 2.04 bits per heavy atom. The lowest BCUT2D eigenvalue weighted by molar-refractivity contribution is -0.172. The molecule has 1 heterocycles. The van der Waals surface area contributed by atoms with Crippen molar-refractivity contribution in [3.63, 3.8) is 0 Å². The zero-order chi connectivity index (χ0) is 35.9. The molecular weight excluding hydrogens is 634 g/mol. The molecule has 0 radical (unpaired) electrons. The van der Waals surface area contributed by atoms with Crippen LogP contribution in [0.5, 0.6) is 0 Å². The van der Waals surface area contributed by atoms with E-state index in [2.05, 4.69) is 4.90 Å². The number of rotatable bonds is 16. The molecule has 13 nitrogen and oxygen atoms in total. The van der Waals surface area contributed by atoms with Crippen LogP contribution in [0.15, 0.2) is 24.3 Å². The molecule has 4 atom stereocenters. The summed E-state index contributed by atoms with van der Waals surface area (Å²) in [6.45, 7) is 9.27. The summed E-state index contributed by atoms with van der Waals surface area (Å²) in [7, 11) is 2.94. The maximum atomic E-state index is 14.3. The zero-order valence-corrected chi connectivity index (χ0v) is 29.7. The van der Waals surface area contributed by atoms with E-state index in [9.17, 15) is 29.1 Å². The standard InChI is InChI=1S/C36H53N3O10/c1-23(32(41)42)47-34(44)29(21-25-9-10-25)37(5)31(40)30(22-26-11-14-27(15-12-26)39-17-19-46-20-18-39)48-33(43)28(16-13-24-7-8-24)38(6)35(45)49-36(2,3)4/h11-12,14-15,23-25,28-30H,7-10,13,16-22H2,1-6H3,(H,41,42)/t23-,28+,29+,30-/m1/s1. The molecule has 1 aliphatic heterocycles. The lowest BCUT2D eigenvalue weighted by atomic mass is 10.0. The first-order chi connectivity index (χ1) is 23.1. The largest absolute Gasteiger partial charge is 0.479 e. The van der Waals surface area contributed by atoms with Crippen LogP contribution in [0.1, 0.15) is 78.2 Å². The van der Waals surface area contributed by atoms with Crippen molar-refractivity contribution < 1.29 is 48.0 Å². The summed E-state index contributed by atoms with van der Waals surface area (Å²) in [6, 6.07) is 5.58. The van der Waals surface area contributed by atoms with Crippen LogP contribution in [0, 0.1) is 11.8 Å². The topological polar surface area (TPSA) is 152 Å². The van der Waals surface area contributed by atoms with Crippen molar-refractivity contribution >= 4 is 35.6 Å². The molecule has 1 aromatic rings. The van der Waals surface area contributed by atoms with Crippen LogP contribution >= 0.6 is 0 Å². The number of carbonyl (C=O) groups is 5. The molecule has 2 saturated carbocycles. The minimum Gasteiger partial charge on any atom is -0.479 e. The van der Waals surface area contributed by atoms with Gasteiger partial charge in [0.1, 0.15) is 17.7 Å². The highest BCUT2D eigenvalue weighted by Gasteiger charge is 2.41. The highest BCUT2D eigenvalue weighted by Crippen LogP contribution is 2.36. The average molecular weight is 688 g/mol. The SMILES string of the molecule is C[C@@H](OC(=O)[C@H](CC1CC1)N(C)C(=O)[C@@H](Cc1ccc(N2CCOCC2)cc1)OC(=O)[C@H](CCC1CC1)N(C)C(=O)OC(C)(C)C)C(=O)O. The third-order valence-electron chi connectivity index (χ3n) is 9.22. The lowest BCUT2D eigenvalue weighted by Gasteiger charge is -2.33. The van der Waals surface area contributed by atoms with Crippen molar-refractivity contribution in [3.8, 4) is 0 Å². The fourth-order valence-electron chi connectivity index (χ4n) is 5.77. The summed E-state index contributed by atoms with van der Waals surface area (Å²) in [6.07, 6.45) is 1.84. The molecule has 272 valence electrons. The molecule has 49 heavy (non-hydrogen) atoms. The number of carbonyl (C=O) groups excluding carboxylic acids is 4. The summed E-state index contributed by atoms with van der Waals surface area (Å²) in [4.78, 5) is 70.6. The van der Waals surface area contributed by atoms with E-state index in [1.54, 1.807) is 20.8 Å². The second-order valence-corrected chi connectivity index (χ2v) is 14.6. The van der Waals surface area contributed by atoms with Gasteiger partial charge < -0.3 is 33.9 Å². The Balaban J connectivity index is 1.59. The molecule has 1 saturated heterocycles. The van der Waals surface area contributed by atoms with Crippen LogP contribution in [0.4, 0.5) is 10.5 Å². The number of hydrogen-bond acceptors (Lipinski definition) is 10. The quantitative estimate of drug-likeness (QED) is 0.198. The van der Waals surface area contributed by atoms with E-state index in [0.29, 0.717) is 38.4 Å². The van der Waals surface area contributed by atoms with Gasteiger partial charge in [-0.15, -0.1) is 0 Å². The Hall–Kier alpha value is -3.87. The number of esters is 2. The van der Waals surface area contributed by atoms with Crippen molar-refractivity contribution in [1.82, 2.24) is 9.80 Å². The number of carboxylic acids is 1. The predicted molar refractivity (Wildman–Crippen MR) is 180 cm³/mol. The van der Waals surface area contributed by atoms with Crippen LogP contribution in [0.25, 0.3) is 0 Å². The van der Waals surface area contributed by atoms with E-state index in [1.807, 2.05) is 24.3 Å². The molecular formula is C36H53N3O10. The number of amides is 2. The number of ether oxygens (including phenoxy) is 4. The second kappa shape index (κ2) is 16.7. The summed E-state index contributed by atoms with van der Waals surface area (Å²) < 4.78 is 22.2. The van der Waals surface area contributed by atoms with Gasteiger partial charge in [-0.05, 0) is 76.5 Å². The van der Waals surface area contributed by atoms with Gasteiger partial charge in [0.15, 0.2) is 12.2 Å². The van der Waals surface area contributed by atoms with E-state index in [0.717, 1.165) is 50.0 Å². The Morgan fingerprint density at radius 2 is 1.49 bits per heavy atom. The third kappa shape index (κ3) is 11.6. The Kier molecular flexibility index (Phi) is 12.9. The maximum absolute atomic E-state index is 14.3. The minimum atomic E-state index is -1.40. The van der Waals surface area contributed by atoms with Crippen molar-refractivity contribution in [1.29, 1.82) is 0 Å². The van der Waals surface area contributed by atoms with E-state index in [4.69, 9.17) is 18.9 Å². The third-order valence-corrected chi connectivity index (χ3v) is 9.22. The second-order valence-electron chi connectivity index (χ2n) is 14.6. The minimum absolute atomic E-state index is 0.0144. The van der Waals surface area contributed by atoms with Crippen molar-refractivity contribution in [3.05, 3.63) is 29.8 Å². The van der Waals surface area contributed by atoms with Crippen LogP contribution in [-0.2, 0) is 44.5 Å². The van der Waals surface area contributed by atoms with Gasteiger partial charge in [-0.25, -0.2) is 19.2 Å². The van der Waals surface area contributed by atoms with E-state index < -0.39 is 59.8 Å². The average Bonchev–Trinajstić information content (AvgIpc) is 3.99. The van der Waals surface area contributed by atoms with E-state index in [-0.39, 0.29) is 12.3 Å². The monoisotopic (exact) mass is 687 g/mol. The molecule has 0 spiro atoms. The Morgan fingerprint density at radius 1 is 0.898 bits per heavy atom. The summed E-state index contributed by atoms with van der Waals surface area (Å²) in [5.74, 6) is -2.84. The molecule has 2 aliphatic carbocycles. The first kappa shape index (κ1) is 37.9. The van der Waals surface area contributed by atoms with Gasteiger partial charge in [0, 0.05) is 39.3 Å². The van der Waals surface area contributed by atoms with Crippen LogP contribution in [0.2, 0.25) is 0 Å². The summed E-state index contributed by atoms with van der Waals surface area (Å²) in [5, 5.41) is 9.33. The molecule has 2 amide bonds. The molecule has 1 N–H and O–H groups in total. The zero-order valence-electron chi connectivity index (χ0n) is 29.7. The summed E-state index contributed by atoms with van der Waals surface area (Å²) >= 11 is 0. The fraction of sp³-hybridized carbons (Fsp3) is 0.694. The number of carboxylic acid groups (broad SMARTS) is 1. The molecule has 3 aliphatic rings. The highest BCUT2D eigenvalue weighted by molar-refractivity contribution is 5.90. The Bertz CT molecular complexity index is 1320. The van der Waals surface area contributed by atoms with Gasteiger partial charge in [0.2, 0.25) is 0 Å². The number of benzene rings is 1. The van der Waals surface area contributed by atoms with Crippen molar-refractivity contribution in [2.24, 2.45) is 11.8 Å². The normalized spacial score (nSPS) is 18.8. The van der Waals surface area contributed by atoms with Crippen LogP contribution < -0.4 is 4.90 Å². The van der Waals surface area contributed by atoms with Gasteiger partial charge in [0.05, 0.1) is 13.2 Å². The first-order valence-corrected chi connectivity index (χ1v) is 17.4. The molecule has 0 bridgehead atoms. The molecule has 1 aromatic carbocycles. The maximum Gasteiger partial charge on any atom is 0.410 e. The smallest absolute Gasteiger partial charge is 0.410 e. The number of anilines is 1. The highest BCUT2D eigenvalue weighted by atomic mass is 16.6. The number of nitrogens with zero attached hydrogens (tertiary/aromatic N) is 3. The van der Waals surface area contributed by atoms with Crippen molar-refractivity contribution in [2.45, 2.75) is 109 Å². The first-order valence-electron chi connectivity index (χ1n) is 17.4. The van der Waals surface area contributed by atoms with Crippen molar-refractivity contribution in [2.75, 3.05) is 45.3 Å². The van der Waals surface area contributed by atoms with Gasteiger partial charge in [-0.2, -0.15) is 0 Å². The number of morpholine rings is 1. The van der Waals surface area contributed by atoms with E-state index in [1.165, 1.54) is 30.8 Å². The van der Waals surface area contributed by atoms with Gasteiger partial charge >= 0.3 is 24.0 Å².